The molecule has 3 rings (SSSR count). The molecule has 0 aliphatic heterocycles. The third-order valence-corrected chi connectivity index (χ3v) is 4.25. The van der Waals surface area contributed by atoms with Crippen LogP contribution in [0.5, 0.6) is 11.5 Å². The first-order chi connectivity index (χ1) is 13.4. The van der Waals surface area contributed by atoms with Gasteiger partial charge in [0.05, 0.1) is 6.61 Å². The molecule has 0 unspecified atom stereocenters. The van der Waals surface area contributed by atoms with Crippen LogP contribution < -0.4 is 9.47 Å². The summed E-state index contributed by atoms with van der Waals surface area (Å²) in [5, 5.41) is 0. The van der Waals surface area contributed by atoms with Crippen LogP contribution in [-0.4, -0.2) is 6.61 Å². The van der Waals surface area contributed by atoms with Crippen LogP contribution in [0.25, 0.3) is 11.1 Å². The van der Waals surface area contributed by atoms with Crippen LogP contribution in [0.3, 0.4) is 0 Å². The second-order valence-electron chi connectivity index (χ2n) is 6.17. The van der Waals surface area contributed by atoms with E-state index in [-0.39, 0.29) is 35.8 Å². The van der Waals surface area contributed by atoms with Gasteiger partial charge in [0.15, 0.2) is 23.1 Å². The highest BCUT2D eigenvalue weighted by Crippen LogP contribution is 2.30. The number of halogens is 4. The SMILES string of the molecule is CCOc1ccc(-c2ccc(COc3ccc(C)c(F)c3F)cc2)c(F)c1F. The molecule has 0 heterocycles. The summed E-state index contributed by atoms with van der Waals surface area (Å²) in [6.07, 6.45) is 0. The lowest BCUT2D eigenvalue weighted by Crippen LogP contribution is -2.00. The Labute approximate surface area is 160 Å². The van der Waals surface area contributed by atoms with Gasteiger partial charge in [0.1, 0.15) is 6.61 Å². The van der Waals surface area contributed by atoms with Crippen molar-refractivity contribution in [1.82, 2.24) is 0 Å². The fourth-order valence-corrected chi connectivity index (χ4v) is 2.70. The van der Waals surface area contributed by atoms with Gasteiger partial charge in [0.2, 0.25) is 11.6 Å². The van der Waals surface area contributed by atoms with Crippen LogP contribution >= 0.6 is 0 Å². The van der Waals surface area contributed by atoms with Crippen LogP contribution in [-0.2, 0) is 6.61 Å². The molecule has 0 aromatic heterocycles. The molecule has 3 aromatic rings. The number of rotatable bonds is 6. The van der Waals surface area contributed by atoms with E-state index in [4.69, 9.17) is 9.47 Å². The zero-order valence-electron chi connectivity index (χ0n) is 15.4. The van der Waals surface area contributed by atoms with Crippen LogP contribution in [0.4, 0.5) is 17.6 Å². The zero-order valence-corrected chi connectivity index (χ0v) is 15.4. The quantitative estimate of drug-likeness (QED) is 0.467. The first-order valence-electron chi connectivity index (χ1n) is 8.69. The maximum absolute atomic E-state index is 14.3. The Hall–Kier alpha value is -3.02. The molecular weight excluding hydrogens is 372 g/mol. The Balaban J connectivity index is 1.76. The van der Waals surface area contributed by atoms with Crippen molar-refractivity contribution in [3.8, 4) is 22.6 Å². The van der Waals surface area contributed by atoms with Crippen molar-refractivity contribution in [2.24, 2.45) is 0 Å². The predicted molar refractivity (Wildman–Crippen MR) is 98.4 cm³/mol. The Morgan fingerprint density at radius 2 is 1.29 bits per heavy atom. The molecule has 0 saturated heterocycles. The molecule has 0 bridgehead atoms. The Morgan fingerprint density at radius 3 is 1.96 bits per heavy atom. The maximum Gasteiger partial charge on any atom is 0.201 e. The molecule has 146 valence electrons. The minimum absolute atomic E-state index is 0.000177. The van der Waals surface area contributed by atoms with Gasteiger partial charge in [0, 0.05) is 5.56 Å². The van der Waals surface area contributed by atoms with Crippen LogP contribution in [0.15, 0.2) is 48.5 Å². The van der Waals surface area contributed by atoms with E-state index in [1.165, 1.54) is 31.2 Å². The third-order valence-electron chi connectivity index (χ3n) is 4.25. The van der Waals surface area contributed by atoms with Crippen LogP contribution in [0, 0.1) is 30.2 Å². The summed E-state index contributed by atoms with van der Waals surface area (Å²) in [7, 11) is 0. The first-order valence-corrected chi connectivity index (χ1v) is 8.69. The molecule has 0 spiro atoms. The second-order valence-corrected chi connectivity index (χ2v) is 6.17. The topological polar surface area (TPSA) is 18.5 Å². The Morgan fingerprint density at radius 1 is 0.679 bits per heavy atom. The molecule has 3 aromatic carbocycles. The lowest BCUT2D eigenvalue weighted by atomic mass is 10.0. The van der Waals surface area contributed by atoms with Crippen LogP contribution in [0.1, 0.15) is 18.1 Å². The summed E-state index contributed by atoms with van der Waals surface area (Å²) in [5.41, 5.74) is 1.42. The van der Waals surface area contributed by atoms with Crippen molar-refractivity contribution in [1.29, 1.82) is 0 Å². The monoisotopic (exact) mass is 390 g/mol. The Bertz CT molecular complexity index is 985. The van der Waals surface area contributed by atoms with Gasteiger partial charge >= 0.3 is 0 Å². The van der Waals surface area contributed by atoms with E-state index in [0.717, 1.165) is 0 Å². The van der Waals surface area contributed by atoms with Crippen molar-refractivity contribution in [2.45, 2.75) is 20.5 Å². The minimum atomic E-state index is -1.04. The highest BCUT2D eigenvalue weighted by Gasteiger charge is 2.16. The van der Waals surface area contributed by atoms with Crippen molar-refractivity contribution >= 4 is 0 Å². The second kappa shape index (κ2) is 8.33. The molecule has 0 atom stereocenters. The zero-order chi connectivity index (χ0) is 20.3. The van der Waals surface area contributed by atoms with Crippen LogP contribution in [0.2, 0.25) is 0 Å². The Kier molecular flexibility index (Phi) is 5.87. The summed E-state index contributed by atoms with van der Waals surface area (Å²) in [5.74, 6) is -4.34. The van der Waals surface area contributed by atoms with Gasteiger partial charge in [-0.15, -0.1) is 0 Å². The number of hydrogen-bond acceptors (Lipinski definition) is 2. The van der Waals surface area contributed by atoms with E-state index in [0.29, 0.717) is 11.1 Å². The van der Waals surface area contributed by atoms with Crippen molar-refractivity contribution in [3.63, 3.8) is 0 Å². The molecular formula is C22H18F4O2. The van der Waals surface area contributed by atoms with Gasteiger partial charge in [-0.3, -0.25) is 0 Å². The summed E-state index contributed by atoms with van der Waals surface area (Å²) < 4.78 is 66.1. The number of ether oxygens (including phenoxy) is 2. The molecule has 28 heavy (non-hydrogen) atoms. The van der Waals surface area contributed by atoms with E-state index in [9.17, 15) is 17.6 Å². The van der Waals surface area contributed by atoms with Crippen molar-refractivity contribution in [3.05, 3.63) is 82.9 Å². The van der Waals surface area contributed by atoms with Crippen molar-refractivity contribution < 1.29 is 27.0 Å². The third kappa shape index (κ3) is 3.96. The highest BCUT2D eigenvalue weighted by atomic mass is 19.2. The van der Waals surface area contributed by atoms with E-state index in [1.54, 1.807) is 31.2 Å². The average Bonchev–Trinajstić information content (AvgIpc) is 2.70. The van der Waals surface area contributed by atoms with E-state index in [1.807, 2.05) is 0 Å². The predicted octanol–water partition coefficient (Wildman–Crippen LogP) is 6.20. The molecule has 0 amide bonds. The first kappa shape index (κ1) is 19.7. The number of aryl methyl sites for hydroxylation is 1. The summed E-state index contributed by atoms with van der Waals surface area (Å²) in [4.78, 5) is 0. The molecule has 0 saturated carbocycles. The minimum Gasteiger partial charge on any atom is -0.491 e. The molecule has 0 aliphatic carbocycles. The fourth-order valence-electron chi connectivity index (χ4n) is 2.70. The lowest BCUT2D eigenvalue weighted by molar-refractivity contribution is 0.284. The van der Waals surface area contributed by atoms with Gasteiger partial charge in [-0.25, -0.2) is 8.78 Å². The van der Waals surface area contributed by atoms with Gasteiger partial charge in [-0.1, -0.05) is 30.3 Å². The summed E-state index contributed by atoms with van der Waals surface area (Å²) in [6, 6.07) is 12.1. The smallest absolute Gasteiger partial charge is 0.201 e. The summed E-state index contributed by atoms with van der Waals surface area (Å²) >= 11 is 0. The number of benzene rings is 3. The standard InChI is InChI=1S/C22H18F4O2/c1-3-27-17-11-9-16(20(24)22(17)26)15-7-5-14(6-8-15)12-28-18-10-4-13(2)19(23)21(18)25/h4-11H,3,12H2,1-2H3. The van der Waals surface area contributed by atoms with Gasteiger partial charge in [-0.05, 0) is 48.7 Å². The van der Waals surface area contributed by atoms with Crippen molar-refractivity contribution in [2.75, 3.05) is 6.61 Å². The summed E-state index contributed by atoms with van der Waals surface area (Å²) in [6.45, 7) is 3.38. The van der Waals surface area contributed by atoms with E-state index in [2.05, 4.69) is 0 Å². The number of hydrogen-bond donors (Lipinski definition) is 0. The molecule has 2 nitrogen and oxygen atoms in total. The molecule has 0 aliphatic rings. The van der Waals surface area contributed by atoms with Gasteiger partial charge < -0.3 is 9.47 Å². The molecule has 0 N–H and O–H groups in total. The molecule has 0 radical (unpaired) electrons. The molecule has 0 fully saturated rings. The highest BCUT2D eigenvalue weighted by molar-refractivity contribution is 5.65. The van der Waals surface area contributed by atoms with Gasteiger partial charge in [-0.2, -0.15) is 8.78 Å². The average molecular weight is 390 g/mol. The lowest BCUT2D eigenvalue weighted by Gasteiger charge is -2.11. The maximum atomic E-state index is 14.3. The van der Waals surface area contributed by atoms with E-state index >= 15 is 0 Å². The fraction of sp³-hybridized carbons (Fsp3) is 0.182. The van der Waals surface area contributed by atoms with Gasteiger partial charge in [0.25, 0.3) is 0 Å². The van der Waals surface area contributed by atoms with E-state index < -0.39 is 23.3 Å². The molecule has 6 heteroatoms. The normalized spacial score (nSPS) is 10.8. The largest absolute Gasteiger partial charge is 0.491 e.